The first-order valence-corrected chi connectivity index (χ1v) is 5.81. The van der Waals surface area contributed by atoms with Crippen molar-refractivity contribution in [1.29, 1.82) is 0 Å². The fraction of sp³-hybridized carbons (Fsp3) is 0.636. The van der Waals surface area contributed by atoms with Crippen LogP contribution in [0.4, 0.5) is 5.82 Å². The van der Waals surface area contributed by atoms with Gasteiger partial charge in [0.05, 0.1) is 6.10 Å². The third-order valence-corrected chi connectivity index (χ3v) is 3.02. The highest BCUT2D eigenvalue weighted by atomic mass is 16.5. The second-order valence-corrected chi connectivity index (χ2v) is 4.49. The predicted molar refractivity (Wildman–Crippen MR) is 63.6 cm³/mol. The zero-order chi connectivity index (χ0) is 12.4. The average Bonchev–Trinajstić information content (AvgIpc) is 2.58. The Kier molecular flexibility index (Phi) is 3.33. The smallest absolute Gasteiger partial charge is 0.257 e. The SMILES string of the molecule is Cc1[nH]nc(N)c1C(=O)NC1CCOC(C)C1. The Hall–Kier alpha value is -1.56. The van der Waals surface area contributed by atoms with E-state index in [1.54, 1.807) is 6.92 Å². The van der Waals surface area contributed by atoms with Gasteiger partial charge in [-0.3, -0.25) is 9.89 Å². The van der Waals surface area contributed by atoms with E-state index < -0.39 is 0 Å². The molecule has 1 aliphatic heterocycles. The van der Waals surface area contributed by atoms with Crippen molar-refractivity contribution in [2.45, 2.75) is 38.8 Å². The number of aromatic nitrogens is 2. The highest BCUT2D eigenvalue weighted by Gasteiger charge is 2.23. The Morgan fingerprint density at radius 2 is 2.41 bits per heavy atom. The van der Waals surface area contributed by atoms with Crippen LogP contribution in [0.15, 0.2) is 0 Å². The third kappa shape index (κ3) is 2.58. The van der Waals surface area contributed by atoms with Gasteiger partial charge in [-0.05, 0) is 26.7 Å². The number of rotatable bonds is 2. The number of amides is 1. The van der Waals surface area contributed by atoms with Gasteiger partial charge in [0, 0.05) is 18.3 Å². The number of nitrogens with two attached hydrogens (primary N) is 1. The van der Waals surface area contributed by atoms with Gasteiger partial charge < -0.3 is 15.8 Å². The van der Waals surface area contributed by atoms with Crippen molar-refractivity contribution in [3.8, 4) is 0 Å². The van der Waals surface area contributed by atoms with Crippen LogP contribution in [0.1, 0.15) is 35.8 Å². The monoisotopic (exact) mass is 238 g/mol. The van der Waals surface area contributed by atoms with Crippen LogP contribution in [-0.4, -0.2) is 34.9 Å². The molecule has 17 heavy (non-hydrogen) atoms. The summed E-state index contributed by atoms with van der Waals surface area (Å²) in [5.41, 5.74) is 6.79. The van der Waals surface area contributed by atoms with E-state index in [0.717, 1.165) is 12.8 Å². The van der Waals surface area contributed by atoms with Crippen molar-refractivity contribution < 1.29 is 9.53 Å². The van der Waals surface area contributed by atoms with Crippen molar-refractivity contribution >= 4 is 11.7 Å². The first kappa shape index (κ1) is 11.9. The lowest BCUT2D eigenvalue weighted by atomic mass is 10.0. The molecule has 0 aromatic carbocycles. The largest absolute Gasteiger partial charge is 0.382 e. The van der Waals surface area contributed by atoms with Gasteiger partial charge in [-0.15, -0.1) is 0 Å². The molecule has 2 atom stereocenters. The second kappa shape index (κ2) is 4.75. The minimum Gasteiger partial charge on any atom is -0.382 e. The summed E-state index contributed by atoms with van der Waals surface area (Å²) < 4.78 is 5.43. The quantitative estimate of drug-likeness (QED) is 0.703. The van der Waals surface area contributed by atoms with E-state index in [1.807, 2.05) is 6.92 Å². The minimum absolute atomic E-state index is 0.153. The Morgan fingerprint density at radius 1 is 1.65 bits per heavy atom. The lowest BCUT2D eigenvalue weighted by molar-refractivity contribution is 0.0137. The molecule has 1 amide bonds. The molecule has 1 saturated heterocycles. The number of ether oxygens (including phenoxy) is 1. The maximum Gasteiger partial charge on any atom is 0.257 e. The number of nitrogens with zero attached hydrogens (tertiary/aromatic N) is 1. The molecule has 2 rings (SSSR count). The molecule has 94 valence electrons. The summed E-state index contributed by atoms with van der Waals surface area (Å²) in [6, 6.07) is 0.153. The Bertz CT molecular complexity index is 396. The third-order valence-electron chi connectivity index (χ3n) is 3.02. The highest BCUT2D eigenvalue weighted by Crippen LogP contribution is 2.16. The van der Waals surface area contributed by atoms with Crippen LogP contribution in [0.2, 0.25) is 0 Å². The molecule has 4 N–H and O–H groups in total. The molecule has 0 aliphatic carbocycles. The average molecular weight is 238 g/mol. The summed E-state index contributed by atoms with van der Waals surface area (Å²) in [7, 11) is 0. The molecule has 1 aromatic heterocycles. The first-order valence-electron chi connectivity index (χ1n) is 5.81. The van der Waals surface area contributed by atoms with Crippen LogP contribution in [0.5, 0.6) is 0 Å². The van der Waals surface area contributed by atoms with Gasteiger partial charge in [0.15, 0.2) is 5.82 Å². The van der Waals surface area contributed by atoms with Crippen molar-refractivity contribution in [2.75, 3.05) is 12.3 Å². The minimum atomic E-state index is -0.159. The number of carbonyl (C=O) groups is 1. The Morgan fingerprint density at radius 3 is 3.00 bits per heavy atom. The van der Waals surface area contributed by atoms with Crippen LogP contribution in [0.25, 0.3) is 0 Å². The fourth-order valence-electron chi connectivity index (χ4n) is 2.12. The van der Waals surface area contributed by atoms with Gasteiger partial charge in [-0.2, -0.15) is 5.10 Å². The molecule has 1 aliphatic rings. The van der Waals surface area contributed by atoms with E-state index in [-0.39, 0.29) is 23.9 Å². The van der Waals surface area contributed by atoms with Gasteiger partial charge in [0.1, 0.15) is 5.56 Å². The molecule has 1 fully saturated rings. The number of hydrogen-bond donors (Lipinski definition) is 3. The summed E-state index contributed by atoms with van der Waals surface area (Å²) in [6.45, 7) is 4.48. The summed E-state index contributed by atoms with van der Waals surface area (Å²) in [5.74, 6) is 0.0907. The molecular weight excluding hydrogens is 220 g/mol. The fourth-order valence-corrected chi connectivity index (χ4v) is 2.12. The number of aromatic amines is 1. The van der Waals surface area contributed by atoms with Gasteiger partial charge in [0.2, 0.25) is 0 Å². The maximum atomic E-state index is 12.0. The topological polar surface area (TPSA) is 93.0 Å². The van der Waals surface area contributed by atoms with Crippen LogP contribution >= 0.6 is 0 Å². The molecule has 0 radical (unpaired) electrons. The van der Waals surface area contributed by atoms with Crippen molar-refractivity contribution in [1.82, 2.24) is 15.5 Å². The van der Waals surface area contributed by atoms with Crippen molar-refractivity contribution in [3.63, 3.8) is 0 Å². The van der Waals surface area contributed by atoms with Crippen LogP contribution in [-0.2, 0) is 4.74 Å². The lowest BCUT2D eigenvalue weighted by Crippen LogP contribution is -2.41. The molecule has 0 spiro atoms. The standard InChI is InChI=1S/C11H18N4O2/c1-6-5-8(3-4-17-6)13-11(16)9-7(2)14-15-10(9)12/h6,8H,3-5H2,1-2H3,(H,13,16)(H3,12,14,15). The van der Waals surface area contributed by atoms with Crippen molar-refractivity contribution in [2.24, 2.45) is 0 Å². The highest BCUT2D eigenvalue weighted by molar-refractivity contribution is 5.99. The molecule has 2 heterocycles. The van der Waals surface area contributed by atoms with Crippen molar-refractivity contribution in [3.05, 3.63) is 11.3 Å². The number of carbonyl (C=O) groups excluding carboxylic acids is 1. The summed E-state index contributed by atoms with van der Waals surface area (Å²) in [6.07, 6.45) is 1.87. The van der Waals surface area contributed by atoms with Crippen LogP contribution in [0, 0.1) is 6.92 Å². The molecule has 1 aromatic rings. The van der Waals surface area contributed by atoms with E-state index in [1.165, 1.54) is 0 Å². The zero-order valence-electron chi connectivity index (χ0n) is 10.1. The second-order valence-electron chi connectivity index (χ2n) is 4.49. The van der Waals surface area contributed by atoms with Gasteiger partial charge in [0.25, 0.3) is 5.91 Å². The molecule has 6 nitrogen and oxygen atoms in total. The number of anilines is 1. The molecule has 0 saturated carbocycles. The van der Waals surface area contributed by atoms with E-state index in [0.29, 0.717) is 17.9 Å². The normalized spacial score (nSPS) is 24.6. The predicted octanol–water partition coefficient (Wildman–Crippen LogP) is 0.598. The summed E-state index contributed by atoms with van der Waals surface area (Å²) >= 11 is 0. The van der Waals surface area contributed by atoms with E-state index in [4.69, 9.17) is 10.5 Å². The maximum absolute atomic E-state index is 12.0. The molecule has 2 unspecified atom stereocenters. The van der Waals surface area contributed by atoms with Gasteiger partial charge >= 0.3 is 0 Å². The number of hydrogen-bond acceptors (Lipinski definition) is 4. The van der Waals surface area contributed by atoms with Crippen LogP contribution < -0.4 is 11.1 Å². The number of nitrogens with one attached hydrogen (secondary N) is 2. The zero-order valence-corrected chi connectivity index (χ0v) is 10.1. The van der Waals surface area contributed by atoms with E-state index >= 15 is 0 Å². The van der Waals surface area contributed by atoms with E-state index in [9.17, 15) is 4.79 Å². The summed E-state index contributed by atoms with van der Waals surface area (Å²) in [4.78, 5) is 12.0. The van der Waals surface area contributed by atoms with Gasteiger partial charge in [-0.1, -0.05) is 0 Å². The lowest BCUT2D eigenvalue weighted by Gasteiger charge is -2.27. The number of H-pyrrole nitrogens is 1. The number of aryl methyl sites for hydroxylation is 1. The molecular formula is C11H18N4O2. The summed E-state index contributed by atoms with van der Waals surface area (Å²) in [5, 5.41) is 9.49. The molecule has 0 bridgehead atoms. The van der Waals surface area contributed by atoms with Gasteiger partial charge in [-0.25, -0.2) is 0 Å². The first-order chi connectivity index (χ1) is 8.08. The Balaban J connectivity index is 2.02. The van der Waals surface area contributed by atoms with E-state index in [2.05, 4.69) is 15.5 Å². The molecule has 6 heteroatoms. The Labute approximate surface area is 99.9 Å². The number of nitrogen functional groups attached to an aromatic ring is 1. The van der Waals surface area contributed by atoms with Crippen LogP contribution in [0.3, 0.4) is 0 Å².